The van der Waals surface area contributed by atoms with Crippen molar-refractivity contribution < 1.29 is 37.0 Å². The van der Waals surface area contributed by atoms with Crippen LogP contribution < -0.4 is 10.1 Å². The predicted molar refractivity (Wildman–Crippen MR) is 153 cm³/mol. The lowest BCUT2D eigenvalue weighted by atomic mass is 9.81. The van der Waals surface area contributed by atoms with E-state index >= 15 is 0 Å². The minimum absolute atomic E-state index is 0.0640. The quantitative estimate of drug-likeness (QED) is 0.260. The van der Waals surface area contributed by atoms with Crippen molar-refractivity contribution in [3.63, 3.8) is 0 Å². The Morgan fingerprint density at radius 1 is 0.977 bits per heavy atom. The van der Waals surface area contributed by atoms with Crippen LogP contribution in [0, 0.1) is 17.5 Å². The summed E-state index contributed by atoms with van der Waals surface area (Å²) in [6.45, 7) is 5.74. The highest BCUT2D eigenvalue weighted by atomic mass is 19.2. The molecule has 0 spiro atoms. The molecule has 43 heavy (non-hydrogen) atoms. The summed E-state index contributed by atoms with van der Waals surface area (Å²) in [6, 6.07) is 13.5. The first-order chi connectivity index (χ1) is 20.5. The van der Waals surface area contributed by atoms with E-state index in [0.717, 1.165) is 23.1 Å². The average molecular weight is 592 g/mol. The maximum atomic E-state index is 13.9. The average Bonchev–Trinajstić information content (AvgIpc) is 3.30. The van der Waals surface area contributed by atoms with Crippen molar-refractivity contribution in [1.29, 1.82) is 0 Å². The van der Waals surface area contributed by atoms with Crippen LogP contribution in [0.25, 0.3) is 16.5 Å². The van der Waals surface area contributed by atoms with Crippen molar-refractivity contribution in [2.75, 3.05) is 13.2 Å². The maximum Gasteiger partial charge on any atom is 0.412 e. The minimum Gasteiger partial charge on any atom is -0.462 e. The van der Waals surface area contributed by atoms with Gasteiger partial charge in [-0.3, -0.25) is 4.79 Å². The summed E-state index contributed by atoms with van der Waals surface area (Å²) in [5.41, 5.74) is 1.63. The van der Waals surface area contributed by atoms with E-state index in [4.69, 9.17) is 9.47 Å². The first-order valence-electron chi connectivity index (χ1n) is 13.5. The molecule has 222 valence electrons. The van der Waals surface area contributed by atoms with E-state index in [-0.39, 0.29) is 42.4 Å². The van der Waals surface area contributed by atoms with Gasteiger partial charge in [-0.1, -0.05) is 26.0 Å². The summed E-state index contributed by atoms with van der Waals surface area (Å²) in [5, 5.41) is 3.33. The Balaban J connectivity index is 1.48. The topological polar surface area (TPSA) is 101 Å². The molecule has 5 rings (SSSR count). The number of aromatic amines is 1. The third-order valence-electron chi connectivity index (χ3n) is 7.05. The molecule has 0 atom stereocenters. The molecule has 4 aromatic rings. The minimum atomic E-state index is -1.16. The van der Waals surface area contributed by atoms with Gasteiger partial charge in [0.05, 0.1) is 17.9 Å². The number of fused-ring (bicyclic) bond motifs is 3. The van der Waals surface area contributed by atoms with Gasteiger partial charge in [-0.25, -0.2) is 22.8 Å². The van der Waals surface area contributed by atoms with Gasteiger partial charge in [0, 0.05) is 47.2 Å². The Bertz CT molecular complexity index is 1760. The molecular weight excluding hydrogens is 563 g/mol. The summed E-state index contributed by atoms with van der Waals surface area (Å²) in [7, 11) is 0. The molecule has 8 nitrogen and oxygen atoms in total. The van der Waals surface area contributed by atoms with E-state index in [1.165, 1.54) is 29.3 Å². The van der Waals surface area contributed by atoms with E-state index in [1.807, 2.05) is 13.8 Å². The lowest BCUT2D eigenvalue weighted by molar-refractivity contribution is -0.136. The van der Waals surface area contributed by atoms with Gasteiger partial charge in [0.15, 0.2) is 11.6 Å². The van der Waals surface area contributed by atoms with Gasteiger partial charge in [-0.15, -0.1) is 0 Å². The zero-order valence-corrected chi connectivity index (χ0v) is 23.6. The Morgan fingerprint density at radius 3 is 2.42 bits per heavy atom. The van der Waals surface area contributed by atoms with Crippen LogP contribution in [0.1, 0.15) is 48.0 Å². The Hall–Kier alpha value is -5.06. The van der Waals surface area contributed by atoms with Crippen LogP contribution in [-0.2, 0) is 21.5 Å². The van der Waals surface area contributed by atoms with Crippen molar-refractivity contribution >= 4 is 34.4 Å². The molecule has 0 saturated carbocycles. The highest BCUT2D eigenvalue weighted by Crippen LogP contribution is 2.41. The molecule has 0 bridgehead atoms. The Labute approximate surface area is 245 Å². The molecular formula is C32H28F3N3O5. The zero-order chi connectivity index (χ0) is 30.9. The number of nitrogens with zero attached hydrogens (tertiary/aromatic N) is 1. The molecule has 2 amide bonds. The number of nitrogens with one attached hydrogen (secondary N) is 2. The number of hydrogen-bond donors (Lipinski definition) is 2. The number of H-pyrrole nitrogens is 1. The fraction of sp³-hybridized carbons (Fsp3) is 0.219. The normalized spacial score (nSPS) is 14.0. The fourth-order valence-corrected chi connectivity index (χ4v) is 5.12. The summed E-state index contributed by atoms with van der Waals surface area (Å²) >= 11 is 0. The van der Waals surface area contributed by atoms with Gasteiger partial charge < -0.3 is 24.7 Å². The van der Waals surface area contributed by atoms with Crippen LogP contribution in [0.5, 0.6) is 5.75 Å². The third kappa shape index (κ3) is 6.11. The van der Waals surface area contributed by atoms with Crippen LogP contribution in [0.2, 0.25) is 0 Å². The van der Waals surface area contributed by atoms with Crippen LogP contribution in [0.4, 0.5) is 18.0 Å². The van der Waals surface area contributed by atoms with Gasteiger partial charge in [-0.05, 0) is 60.5 Å². The molecule has 11 heteroatoms. The van der Waals surface area contributed by atoms with Crippen LogP contribution in [0.15, 0.2) is 66.9 Å². The molecule has 2 heterocycles. The van der Waals surface area contributed by atoms with Crippen LogP contribution in [-0.4, -0.2) is 41.0 Å². The van der Waals surface area contributed by atoms with Crippen LogP contribution in [0.3, 0.4) is 0 Å². The zero-order valence-electron chi connectivity index (χ0n) is 23.6. The fourth-order valence-electron chi connectivity index (χ4n) is 5.12. The second-order valence-corrected chi connectivity index (χ2v) is 10.7. The maximum absolute atomic E-state index is 13.9. The summed E-state index contributed by atoms with van der Waals surface area (Å²) in [4.78, 5) is 43.6. The molecule has 1 aromatic heterocycles. The second-order valence-electron chi connectivity index (χ2n) is 10.7. The van der Waals surface area contributed by atoms with E-state index in [0.29, 0.717) is 16.8 Å². The number of ether oxygens (including phenoxy) is 2. The van der Waals surface area contributed by atoms with Gasteiger partial charge in [0.1, 0.15) is 11.6 Å². The van der Waals surface area contributed by atoms with E-state index < -0.39 is 35.0 Å². The highest BCUT2D eigenvalue weighted by molar-refractivity contribution is 6.18. The van der Waals surface area contributed by atoms with Crippen molar-refractivity contribution in [2.45, 2.75) is 32.7 Å². The molecule has 0 aliphatic carbocycles. The highest BCUT2D eigenvalue weighted by Gasteiger charge is 2.37. The second kappa shape index (κ2) is 11.7. The molecule has 0 saturated heterocycles. The first kappa shape index (κ1) is 29.4. The predicted octanol–water partition coefficient (Wildman–Crippen LogP) is 6.21. The van der Waals surface area contributed by atoms with Crippen molar-refractivity contribution in [3.05, 3.63) is 107 Å². The molecule has 2 N–H and O–H groups in total. The summed E-state index contributed by atoms with van der Waals surface area (Å²) < 4.78 is 51.3. The Kier molecular flexibility index (Phi) is 7.99. The molecule has 1 aliphatic rings. The van der Waals surface area contributed by atoms with E-state index in [9.17, 15) is 27.6 Å². The smallest absolute Gasteiger partial charge is 0.412 e. The Morgan fingerprint density at radius 2 is 1.72 bits per heavy atom. The van der Waals surface area contributed by atoms with Crippen molar-refractivity contribution in [1.82, 2.24) is 15.2 Å². The monoisotopic (exact) mass is 591 g/mol. The van der Waals surface area contributed by atoms with Gasteiger partial charge >= 0.3 is 12.1 Å². The lowest BCUT2D eigenvalue weighted by Crippen LogP contribution is -2.37. The number of esters is 1. The molecule has 3 aromatic carbocycles. The van der Waals surface area contributed by atoms with E-state index in [2.05, 4.69) is 10.3 Å². The SMILES string of the molecule is CCOC(=O)C1=CN(C(=O)c2ccc(F)c(F)c2)CC(C)(C)c2c1[nH]c1cc(OC(=O)NCc3ccc(F)cc3)ccc21. The number of hydrogen-bond acceptors (Lipinski definition) is 5. The number of rotatable bonds is 6. The van der Waals surface area contributed by atoms with E-state index in [1.54, 1.807) is 37.3 Å². The third-order valence-corrected chi connectivity index (χ3v) is 7.05. The van der Waals surface area contributed by atoms with Gasteiger partial charge in [0.25, 0.3) is 5.91 Å². The molecule has 0 fully saturated rings. The number of amides is 2. The van der Waals surface area contributed by atoms with Crippen molar-refractivity contribution in [3.8, 4) is 5.75 Å². The lowest BCUT2D eigenvalue weighted by Gasteiger charge is -2.29. The number of aromatic nitrogens is 1. The summed E-state index contributed by atoms with van der Waals surface area (Å²) in [6.07, 6.45) is 0.640. The largest absolute Gasteiger partial charge is 0.462 e. The molecule has 0 radical (unpaired) electrons. The van der Waals surface area contributed by atoms with Gasteiger partial charge in [0.2, 0.25) is 0 Å². The number of carbonyl (C=O) groups is 3. The molecule has 0 unspecified atom stereocenters. The van der Waals surface area contributed by atoms with Crippen LogP contribution >= 0.6 is 0 Å². The molecule has 1 aliphatic heterocycles. The van der Waals surface area contributed by atoms with Crippen molar-refractivity contribution in [2.24, 2.45) is 0 Å². The number of halogens is 3. The number of carbonyl (C=O) groups excluding carboxylic acids is 3. The number of benzene rings is 3. The first-order valence-corrected chi connectivity index (χ1v) is 13.5. The summed E-state index contributed by atoms with van der Waals surface area (Å²) in [5.74, 6) is -3.69. The standard InChI is InChI=1S/C32H28F3N3O5/c1-4-42-30(40)23-16-38(29(39)19-7-12-24(34)25(35)13-19)17-32(2,3)27-22-11-10-21(14-26(22)37-28(23)27)43-31(41)36-15-18-5-8-20(33)9-6-18/h5-14,16,37H,4,15,17H2,1-3H3,(H,36,41). The van der Waals surface area contributed by atoms with Gasteiger partial charge in [-0.2, -0.15) is 0 Å².